The number of fused-ring (bicyclic) bond motifs is 1. The van der Waals surface area contributed by atoms with Gasteiger partial charge in [-0.15, -0.1) is 0 Å². The standard InChI is InChI=1S/C12H22N4/c1-7-15-9(3)13(5)11-12(15)16(8-2)10(4)14(11)6/h11-12H,3-4,7-8H2,1-2,5-6H3/t11-,12+. The molecule has 2 aliphatic rings. The van der Waals surface area contributed by atoms with E-state index in [1.54, 1.807) is 0 Å². The van der Waals surface area contributed by atoms with Gasteiger partial charge in [0.1, 0.15) is 12.3 Å². The molecule has 0 bridgehead atoms. The highest BCUT2D eigenvalue weighted by Gasteiger charge is 2.50. The van der Waals surface area contributed by atoms with Crippen LogP contribution in [0.3, 0.4) is 0 Å². The second-order valence-corrected chi connectivity index (χ2v) is 4.45. The molecular formula is C12H22N4. The summed E-state index contributed by atoms with van der Waals surface area (Å²) >= 11 is 0. The first kappa shape index (κ1) is 11.2. The molecule has 2 saturated heterocycles. The first-order chi connectivity index (χ1) is 7.54. The van der Waals surface area contributed by atoms with E-state index in [0.29, 0.717) is 12.3 Å². The number of rotatable bonds is 2. The van der Waals surface area contributed by atoms with Gasteiger partial charge in [0.2, 0.25) is 0 Å². The summed E-state index contributed by atoms with van der Waals surface area (Å²) in [7, 11) is 4.22. The molecule has 2 rings (SSSR count). The van der Waals surface area contributed by atoms with Crippen molar-refractivity contribution in [2.24, 2.45) is 0 Å². The Hall–Kier alpha value is -1.32. The molecule has 0 spiro atoms. The SMILES string of the molecule is C=C1N(C)[C@H]2[C@@H](N1CC)N(CC)C(=C)N2C. The lowest BCUT2D eigenvalue weighted by Crippen LogP contribution is -2.44. The normalized spacial score (nSPS) is 29.5. The van der Waals surface area contributed by atoms with Crippen LogP contribution in [0.15, 0.2) is 24.8 Å². The summed E-state index contributed by atoms with van der Waals surface area (Å²) in [5, 5.41) is 0. The van der Waals surface area contributed by atoms with E-state index in [1.165, 1.54) is 0 Å². The van der Waals surface area contributed by atoms with E-state index in [9.17, 15) is 0 Å². The van der Waals surface area contributed by atoms with Gasteiger partial charge in [0, 0.05) is 27.2 Å². The Morgan fingerprint density at radius 2 is 1.25 bits per heavy atom. The van der Waals surface area contributed by atoms with Crippen molar-refractivity contribution in [3.05, 3.63) is 24.8 Å². The molecule has 2 aliphatic heterocycles. The van der Waals surface area contributed by atoms with Gasteiger partial charge in [0.05, 0.1) is 11.6 Å². The Morgan fingerprint density at radius 1 is 0.875 bits per heavy atom. The van der Waals surface area contributed by atoms with Gasteiger partial charge in [-0.2, -0.15) is 0 Å². The van der Waals surface area contributed by atoms with Crippen LogP contribution in [0, 0.1) is 0 Å². The summed E-state index contributed by atoms with van der Waals surface area (Å²) in [6.45, 7) is 14.7. The summed E-state index contributed by atoms with van der Waals surface area (Å²) < 4.78 is 0. The Morgan fingerprint density at radius 3 is 1.56 bits per heavy atom. The fourth-order valence-electron chi connectivity index (χ4n) is 2.91. The van der Waals surface area contributed by atoms with Gasteiger partial charge in [-0.05, 0) is 13.8 Å². The van der Waals surface area contributed by atoms with Crippen LogP contribution in [0.4, 0.5) is 0 Å². The second-order valence-electron chi connectivity index (χ2n) is 4.45. The Bertz CT molecular complexity index is 295. The van der Waals surface area contributed by atoms with Crippen LogP contribution in [0.2, 0.25) is 0 Å². The van der Waals surface area contributed by atoms with E-state index in [-0.39, 0.29) is 0 Å². The van der Waals surface area contributed by atoms with Crippen LogP contribution in [0.5, 0.6) is 0 Å². The summed E-state index contributed by atoms with van der Waals surface area (Å²) in [6, 6.07) is 0. The molecular weight excluding hydrogens is 200 g/mol. The highest BCUT2D eigenvalue weighted by atomic mass is 15.6. The smallest absolute Gasteiger partial charge is 0.144 e. The van der Waals surface area contributed by atoms with Crippen LogP contribution >= 0.6 is 0 Å². The molecule has 0 unspecified atom stereocenters. The van der Waals surface area contributed by atoms with Crippen molar-refractivity contribution >= 4 is 0 Å². The average Bonchev–Trinajstić information content (AvgIpc) is 2.65. The van der Waals surface area contributed by atoms with Gasteiger partial charge >= 0.3 is 0 Å². The van der Waals surface area contributed by atoms with Crippen molar-refractivity contribution in [1.82, 2.24) is 19.6 Å². The number of nitrogens with zero attached hydrogens (tertiary/aromatic N) is 4. The molecule has 0 aromatic rings. The molecule has 4 heteroatoms. The van der Waals surface area contributed by atoms with E-state index in [2.05, 4.69) is 60.7 Å². The maximum absolute atomic E-state index is 4.17. The first-order valence-corrected chi connectivity index (χ1v) is 5.91. The van der Waals surface area contributed by atoms with Crippen molar-refractivity contribution in [2.75, 3.05) is 27.2 Å². The van der Waals surface area contributed by atoms with Gasteiger partial charge < -0.3 is 19.6 Å². The molecule has 2 heterocycles. The number of likely N-dealkylation sites (N-methyl/N-ethyl adjacent to an activating group) is 4. The third-order valence-electron chi connectivity index (χ3n) is 3.86. The van der Waals surface area contributed by atoms with Crippen molar-refractivity contribution < 1.29 is 0 Å². The average molecular weight is 222 g/mol. The zero-order chi connectivity index (χ0) is 12.0. The van der Waals surface area contributed by atoms with Crippen molar-refractivity contribution in [3.8, 4) is 0 Å². The summed E-state index contributed by atoms with van der Waals surface area (Å²) in [5.74, 6) is 2.21. The third kappa shape index (κ3) is 1.16. The van der Waals surface area contributed by atoms with Crippen molar-refractivity contribution in [2.45, 2.75) is 26.2 Å². The molecule has 90 valence electrons. The maximum Gasteiger partial charge on any atom is 0.144 e. The highest BCUT2D eigenvalue weighted by molar-refractivity contribution is 5.18. The molecule has 0 atom stereocenters. The zero-order valence-corrected chi connectivity index (χ0v) is 10.8. The largest absolute Gasteiger partial charge is 0.338 e. The highest BCUT2D eigenvalue weighted by Crippen LogP contribution is 2.39. The minimum atomic E-state index is 0.347. The Labute approximate surface area is 98.4 Å². The quantitative estimate of drug-likeness (QED) is 0.694. The molecule has 0 aromatic carbocycles. The predicted molar refractivity (Wildman–Crippen MR) is 66.1 cm³/mol. The molecule has 0 aliphatic carbocycles. The van der Waals surface area contributed by atoms with Crippen LogP contribution < -0.4 is 0 Å². The monoisotopic (exact) mass is 222 g/mol. The van der Waals surface area contributed by atoms with Gasteiger partial charge in [-0.1, -0.05) is 13.2 Å². The van der Waals surface area contributed by atoms with Crippen LogP contribution in [-0.2, 0) is 0 Å². The first-order valence-electron chi connectivity index (χ1n) is 5.91. The molecule has 0 N–H and O–H groups in total. The van der Waals surface area contributed by atoms with E-state index >= 15 is 0 Å². The van der Waals surface area contributed by atoms with Crippen molar-refractivity contribution in [1.29, 1.82) is 0 Å². The molecule has 2 fully saturated rings. The second kappa shape index (κ2) is 3.61. The number of hydrogen-bond acceptors (Lipinski definition) is 4. The van der Waals surface area contributed by atoms with Crippen LogP contribution in [-0.4, -0.2) is 59.1 Å². The maximum atomic E-state index is 4.17. The molecule has 16 heavy (non-hydrogen) atoms. The lowest BCUT2D eigenvalue weighted by Gasteiger charge is -2.32. The summed E-state index contributed by atoms with van der Waals surface area (Å²) in [5.41, 5.74) is 0. The third-order valence-corrected chi connectivity index (χ3v) is 3.86. The van der Waals surface area contributed by atoms with E-state index in [1.807, 2.05) is 0 Å². The lowest BCUT2D eigenvalue weighted by atomic mass is 10.3. The van der Waals surface area contributed by atoms with E-state index < -0.39 is 0 Å². The number of hydrogen-bond donors (Lipinski definition) is 0. The van der Waals surface area contributed by atoms with Crippen molar-refractivity contribution in [3.63, 3.8) is 0 Å². The fourth-order valence-corrected chi connectivity index (χ4v) is 2.91. The van der Waals surface area contributed by atoms with Crippen LogP contribution in [0.1, 0.15) is 13.8 Å². The molecule has 4 nitrogen and oxygen atoms in total. The molecule has 0 radical (unpaired) electrons. The lowest BCUT2D eigenvalue weighted by molar-refractivity contribution is 0.145. The van der Waals surface area contributed by atoms with Gasteiger partial charge in [0.15, 0.2) is 0 Å². The fraction of sp³-hybridized carbons (Fsp3) is 0.667. The molecule has 0 aromatic heterocycles. The minimum Gasteiger partial charge on any atom is -0.338 e. The zero-order valence-electron chi connectivity index (χ0n) is 10.8. The molecule has 0 amide bonds. The Kier molecular flexibility index (Phi) is 2.52. The molecule has 0 saturated carbocycles. The van der Waals surface area contributed by atoms with Crippen LogP contribution in [0.25, 0.3) is 0 Å². The Balaban J connectivity index is 2.38. The topological polar surface area (TPSA) is 13.0 Å². The predicted octanol–water partition coefficient (Wildman–Crippen LogP) is 1.12. The summed E-state index contributed by atoms with van der Waals surface area (Å²) in [6.07, 6.45) is 0.713. The summed E-state index contributed by atoms with van der Waals surface area (Å²) in [4.78, 5) is 9.19. The minimum absolute atomic E-state index is 0.347. The van der Waals surface area contributed by atoms with Gasteiger partial charge in [-0.25, -0.2) is 0 Å². The van der Waals surface area contributed by atoms with E-state index in [4.69, 9.17) is 0 Å². The van der Waals surface area contributed by atoms with E-state index in [0.717, 1.165) is 24.7 Å². The van der Waals surface area contributed by atoms with Gasteiger partial charge in [-0.3, -0.25) is 0 Å². The van der Waals surface area contributed by atoms with Gasteiger partial charge in [0.25, 0.3) is 0 Å².